The average molecular weight is 391 g/mol. The number of nitrogens with zero attached hydrogens (tertiary/aromatic N) is 4. The molecule has 0 spiro atoms. The van der Waals surface area contributed by atoms with Crippen LogP contribution in [0.25, 0.3) is 0 Å². The van der Waals surface area contributed by atoms with E-state index in [0.717, 1.165) is 8.95 Å². The van der Waals surface area contributed by atoms with Gasteiger partial charge in [0.1, 0.15) is 5.69 Å². The number of nitro groups is 1. The SMILES string of the molecule is Cc1nn(Cc2ncc(Br)cc2Br)c(N)c1[N+](=O)[O-]. The van der Waals surface area contributed by atoms with Crippen molar-refractivity contribution in [3.8, 4) is 0 Å². The summed E-state index contributed by atoms with van der Waals surface area (Å²) in [5.41, 5.74) is 6.56. The molecule has 2 heterocycles. The van der Waals surface area contributed by atoms with Crippen LogP contribution in [0.5, 0.6) is 0 Å². The lowest BCUT2D eigenvalue weighted by Crippen LogP contribution is -2.08. The lowest BCUT2D eigenvalue weighted by molar-refractivity contribution is -0.384. The van der Waals surface area contributed by atoms with Gasteiger partial charge >= 0.3 is 5.69 Å². The van der Waals surface area contributed by atoms with E-state index >= 15 is 0 Å². The Labute approximate surface area is 125 Å². The van der Waals surface area contributed by atoms with Crippen molar-refractivity contribution in [3.63, 3.8) is 0 Å². The summed E-state index contributed by atoms with van der Waals surface area (Å²) in [6.45, 7) is 1.81. The van der Waals surface area contributed by atoms with Crippen LogP contribution in [-0.2, 0) is 6.54 Å². The average Bonchev–Trinajstić information content (AvgIpc) is 2.58. The molecule has 2 aromatic rings. The Hall–Kier alpha value is -1.48. The van der Waals surface area contributed by atoms with Crippen LogP contribution < -0.4 is 5.73 Å². The number of hydrogen-bond acceptors (Lipinski definition) is 5. The summed E-state index contributed by atoms with van der Waals surface area (Å²) >= 11 is 6.68. The van der Waals surface area contributed by atoms with E-state index in [1.54, 1.807) is 13.1 Å². The van der Waals surface area contributed by atoms with Gasteiger partial charge in [0.25, 0.3) is 0 Å². The minimum absolute atomic E-state index is 0.0270. The van der Waals surface area contributed by atoms with Crippen molar-refractivity contribution in [2.45, 2.75) is 13.5 Å². The van der Waals surface area contributed by atoms with E-state index in [2.05, 4.69) is 41.9 Å². The molecule has 0 unspecified atom stereocenters. The summed E-state index contributed by atoms with van der Waals surface area (Å²) in [6.07, 6.45) is 1.64. The van der Waals surface area contributed by atoms with Crippen LogP contribution in [-0.4, -0.2) is 19.7 Å². The minimum Gasteiger partial charge on any atom is -0.378 e. The molecule has 0 saturated heterocycles. The molecular weight excluding hydrogens is 382 g/mol. The molecule has 0 radical (unpaired) electrons. The first-order valence-electron chi connectivity index (χ1n) is 5.17. The Balaban J connectivity index is 2.39. The summed E-state index contributed by atoms with van der Waals surface area (Å²) in [6, 6.07) is 1.84. The molecule has 0 fully saturated rings. The van der Waals surface area contributed by atoms with Crippen molar-refractivity contribution in [1.82, 2.24) is 14.8 Å². The van der Waals surface area contributed by atoms with Crippen LogP contribution in [0.1, 0.15) is 11.4 Å². The van der Waals surface area contributed by atoms with Gasteiger partial charge in [0.2, 0.25) is 5.82 Å². The smallest absolute Gasteiger partial charge is 0.333 e. The standard InChI is InChI=1S/C10H9Br2N5O2/c1-5-9(17(18)19)10(13)16(15-5)4-8-7(12)2-6(11)3-14-8/h2-3H,4,13H2,1H3. The normalized spacial score (nSPS) is 10.7. The summed E-state index contributed by atoms with van der Waals surface area (Å²) in [5, 5.41) is 14.9. The molecule has 0 aliphatic rings. The molecule has 100 valence electrons. The fourth-order valence-corrected chi connectivity index (χ4v) is 2.75. The first kappa shape index (κ1) is 13.9. The molecule has 0 bridgehead atoms. The zero-order chi connectivity index (χ0) is 14.2. The van der Waals surface area contributed by atoms with Gasteiger partial charge in [-0.3, -0.25) is 15.1 Å². The first-order chi connectivity index (χ1) is 8.90. The van der Waals surface area contributed by atoms with Gasteiger partial charge < -0.3 is 5.73 Å². The van der Waals surface area contributed by atoms with E-state index in [-0.39, 0.29) is 23.7 Å². The highest BCUT2D eigenvalue weighted by Gasteiger charge is 2.23. The van der Waals surface area contributed by atoms with Crippen LogP contribution in [0.4, 0.5) is 11.5 Å². The van der Waals surface area contributed by atoms with Crippen LogP contribution >= 0.6 is 31.9 Å². The maximum atomic E-state index is 10.9. The largest absolute Gasteiger partial charge is 0.378 e. The third-order valence-electron chi connectivity index (χ3n) is 2.50. The number of rotatable bonds is 3. The van der Waals surface area contributed by atoms with E-state index < -0.39 is 4.92 Å². The summed E-state index contributed by atoms with van der Waals surface area (Å²) < 4.78 is 2.98. The van der Waals surface area contributed by atoms with Gasteiger partial charge in [-0.05, 0) is 44.8 Å². The molecule has 19 heavy (non-hydrogen) atoms. The van der Waals surface area contributed by atoms with E-state index in [1.807, 2.05) is 6.07 Å². The van der Waals surface area contributed by atoms with Gasteiger partial charge in [-0.1, -0.05) is 0 Å². The number of aryl methyl sites for hydroxylation is 1. The second-order valence-corrected chi connectivity index (χ2v) is 5.59. The predicted molar refractivity (Wildman–Crippen MR) is 76.8 cm³/mol. The van der Waals surface area contributed by atoms with E-state index in [9.17, 15) is 10.1 Å². The van der Waals surface area contributed by atoms with Crippen molar-refractivity contribution in [2.75, 3.05) is 5.73 Å². The van der Waals surface area contributed by atoms with Crippen molar-refractivity contribution < 1.29 is 4.92 Å². The Morgan fingerprint density at radius 3 is 2.74 bits per heavy atom. The Kier molecular flexibility index (Phi) is 3.85. The maximum Gasteiger partial charge on any atom is 0.333 e. The highest BCUT2D eigenvalue weighted by Crippen LogP contribution is 2.27. The van der Waals surface area contributed by atoms with E-state index in [0.29, 0.717) is 5.69 Å². The van der Waals surface area contributed by atoms with Gasteiger partial charge in [0, 0.05) is 15.1 Å². The number of nitrogen functional groups attached to an aromatic ring is 1. The molecule has 7 nitrogen and oxygen atoms in total. The van der Waals surface area contributed by atoms with Crippen molar-refractivity contribution in [2.24, 2.45) is 0 Å². The fraction of sp³-hybridized carbons (Fsp3) is 0.200. The third-order valence-corrected chi connectivity index (χ3v) is 3.62. The molecule has 0 aromatic carbocycles. The molecule has 0 saturated carbocycles. The topological polar surface area (TPSA) is 99.9 Å². The zero-order valence-corrected chi connectivity index (χ0v) is 13.0. The van der Waals surface area contributed by atoms with Gasteiger partial charge in [-0.15, -0.1) is 0 Å². The summed E-state index contributed by atoms with van der Waals surface area (Å²) in [7, 11) is 0. The molecule has 0 atom stereocenters. The van der Waals surface area contributed by atoms with E-state index in [4.69, 9.17) is 5.73 Å². The second-order valence-electron chi connectivity index (χ2n) is 3.82. The number of hydrogen-bond donors (Lipinski definition) is 1. The van der Waals surface area contributed by atoms with Gasteiger partial charge in [-0.2, -0.15) is 5.10 Å². The zero-order valence-electron chi connectivity index (χ0n) is 9.80. The number of halogens is 2. The molecule has 0 aliphatic carbocycles. The Morgan fingerprint density at radius 2 is 2.21 bits per heavy atom. The third kappa shape index (κ3) is 2.76. The molecular formula is C10H9Br2N5O2. The van der Waals surface area contributed by atoms with Crippen LogP contribution in [0.2, 0.25) is 0 Å². The van der Waals surface area contributed by atoms with E-state index in [1.165, 1.54) is 4.68 Å². The van der Waals surface area contributed by atoms with Gasteiger partial charge in [0.15, 0.2) is 0 Å². The highest BCUT2D eigenvalue weighted by atomic mass is 79.9. The molecule has 2 aromatic heterocycles. The highest BCUT2D eigenvalue weighted by molar-refractivity contribution is 9.11. The van der Waals surface area contributed by atoms with Gasteiger partial charge in [0.05, 0.1) is 17.2 Å². The quantitative estimate of drug-likeness (QED) is 0.641. The molecule has 9 heteroatoms. The molecule has 0 amide bonds. The fourth-order valence-electron chi connectivity index (χ4n) is 1.64. The molecule has 2 N–H and O–H groups in total. The van der Waals surface area contributed by atoms with Crippen molar-refractivity contribution in [1.29, 1.82) is 0 Å². The summed E-state index contributed by atoms with van der Waals surface area (Å²) in [4.78, 5) is 14.5. The van der Waals surface area contributed by atoms with Crippen LogP contribution in [0.15, 0.2) is 21.2 Å². The number of aromatic nitrogens is 3. The Bertz CT molecular complexity index is 656. The van der Waals surface area contributed by atoms with Crippen molar-refractivity contribution in [3.05, 3.63) is 42.7 Å². The second kappa shape index (κ2) is 5.25. The van der Waals surface area contributed by atoms with Crippen LogP contribution in [0, 0.1) is 17.0 Å². The number of nitrogens with two attached hydrogens (primary N) is 1. The Morgan fingerprint density at radius 1 is 1.53 bits per heavy atom. The van der Waals surface area contributed by atoms with Crippen LogP contribution in [0.3, 0.4) is 0 Å². The number of anilines is 1. The lowest BCUT2D eigenvalue weighted by atomic mass is 10.3. The predicted octanol–water partition coefficient (Wildman–Crippen LogP) is 2.65. The van der Waals surface area contributed by atoms with Gasteiger partial charge in [-0.25, -0.2) is 4.68 Å². The first-order valence-corrected chi connectivity index (χ1v) is 6.76. The maximum absolute atomic E-state index is 10.9. The number of pyridine rings is 1. The summed E-state index contributed by atoms with van der Waals surface area (Å²) in [5.74, 6) is 0.0270. The molecule has 0 aliphatic heterocycles. The monoisotopic (exact) mass is 389 g/mol. The molecule has 2 rings (SSSR count). The minimum atomic E-state index is -0.530. The van der Waals surface area contributed by atoms with Crippen molar-refractivity contribution >= 4 is 43.4 Å². The lowest BCUT2D eigenvalue weighted by Gasteiger charge is -2.05.